The SMILES string of the molecule is CCOC(=O)C1CC(C)C(c2ccc(OC)nc2)N1. The van der Waals surface area contributed by atoms with Gasteiger partial charge in [-0.2, -0.15) is 0 Å². The highest BCUT2D eigenvalue weighted by molar-refractivity contribution is 5.76. The van der Waals surface area contributed by atoms with E-state index in [1.54, 1.807) is 13.3 Å². The first-order valence-electron chi connectivity index (χ1n) is 6.58. The summed E-state index contributed by atoms with van der Waals surface area (Å²) in [6.07, 6.45) is 2.58. The predicted octanol–water partition coefficient (Wildman–Crippen LogP) is 1.69. The van der Waals surface area contributed by atoms with Gasteiger partial charge in [0.25, 0.3) is 0 Å². The molecule has 1 saturated heterocycles. The van der Waals surface area contributed by atoms with Crippen LogP contribution in [-0.4, -0.2) is 30.7 Å². The van der Waals surface area contributed by atoms with Crippen LogP contribution < -0.4 is 10.1 Å². The molecular formula is C14H20N2O3. The van der Waals surface area contributed by atoms with E-state index < -0.39 is 0 Å². The average molecular weight is 264 g/mol. The lowest BCUT2D eigenvalue weighted by atomic mass is 9.96. The van der Waals surface area contributed by atoms with Gasteiger partial charge in [-0.05, 0) is 24.8 Å². The maximum Gasteiger partial charge on any atom is 0.323 e. The topological polar surface area (TPSA) is 60.5 Å². The molecule has 5 heteroatoms. The van der Waals surface area contributed by atoms with E-state index in [0.29, 0.717) is 18.4 Å². The van der Waals surface area contributed by atoms with E-state index in [0.717, 1.165) is 12.0 Å². The number of nitrogens with zero attached hydrogens (tertiary/aromatic N) is 1. The van der Waals surface area contributed by atoms with Gasteiger partial charge in [0.05, 0.1) is 13.7 Å². The molecule has 1 fully saturated rings. The summed E-state index contributed by atoms with van der Waals surface area (Å²) in [6, 6.07) is 3.73. The first-order valence-corrected chi connectivity index (χ1v) is 6.58. The molecule has 1 aliphatic heterocycles. The standard InChI is InChI=1S/C14H20N2O3/c1-4-19-14(17)11-7-9(2)13(16-11)10-5-6-12(18-3)15-8-10/h5-6,8-9,11,13,16H,4,7H2,1-3H3. The predicted molar refractivity (Wildman–Crippen MR) is 70.9 cm³/mol. The zero-order chi connectivity index (χ0) is 13.8. The molecule has 3 atom stereocenters. The van der Waals surface area contributed by atoms with Crippen LogP contribution in [0.4, 0.5) is 0 Å². The van der Waals surface area contributed by atoms with Crippen molar-refractivity contribution in [2.24, 2.45) is 5.92 Å². The van der Waals surface area contributed by atoms with Crippen LogP contribution in [0.5, 0.6) is 5.88 Å². The van der Waals surface area contributed by atoms with Crippen molar-refractivity contribution < 1.29 is 14.3 Å². The van der Waals surface area contributed by atoms with Crippen molar-refractivity contribution >= 4 is 5.97 Å². The second-order valence-corrected chi connectivity index (χ2v) is 4.80. The Morgan fingerprint density at radius 2 is 2.32 bits per heavy atom. The fourth-order valence-corrected chi connectivity index (χ4v) is 2.49. The van der Waals surface area contributed by atoms with Crippen molar-refractivity contribution in [2.45, 2.75) is 32.4 Å². The van der Waals surface area contributed by atoms with Crippen LogP contribution in [0.2, 0.25) is 0 Å². The van der Waals surface area contributed by atoms with Gasteiger partial charge in [0.15, 0.2) is 0 Å². The Balaban J connectivity index is 2.06. The van der Waals surface area contributed by atoms with Crippen LogP contribution >= 0.6 is 0 Å². The van der Waals surface area contributed by atoms with Gasteiger partial charge in [-0.15, -0.1) is 0 Å². The number of methoxy groups -OCH3 is 1. The van der Waals surface area contributed by atoms with E-state index in [-0.39, 0.29) is 18.1 Å². The molecule has 1 N–H and O–H groups in total. The van der Waals surface area contributed by atoms with E-state index in [1.165, 1.54) is 0 Å². The van der Waals surface area contributed by atoms with Gasteiger partial charge < -0.3 is 9.47 Å². The number of rotatable bonds is 4. The summed E-state index contributed by atoms with van der Waals surface area (Å²) in [7, 11) is 1.59. The van der Waals surface area contributed by atoms with E-state index in [9.17, 15) is 4.79 Å². The highest BCUT2D eigenvalue weighted by Crippen LogP contribution is 2.32. The number of nitrogens with one attached hydrogen (secondary N) is 1. The molecule has 104 valence electrons. The van der Waals surface area contributed by atoms with Crippen molar-refractivity contribution in [3.05, 3.63) is 23.9 Å². The fourth-order valence-electron chi connectivity index (χ4n) is 2.49. The molecule has 5 nitrogen and oxygen atoms in total. The Hall–Kier alpha value is -1.62. The number of hydrogen-bond donors (Lipinski definition) is 1. The maximum absolute atomic E-state index is 11.7. The molecule has 2 heterocycles. The van der Waals surface area contributed by atoms with Crippen LogP contribution in [0.3, 0.4) is 0 Å². The number of carbonyl (C=O) groups is 1. The Kier molecular flexibility index (Phi) is 4.37. The molecule has 0 bridgehead atoms. The molecule has 0 amide bonds. The lowest BCUT2D eigenvalue weighted by molar-refractivity contribution is -0.145. The molecule has 0 radical (unpaired) electrons. The minimum Gasteiger partial charge on any atom is -0.481 e. The first-order chi connectivity index (χ1) is 9.15. The minimum atomic E-state index is -0.220. The number of hydrogen-bond acceptors (Lipinski definition) is 5. The average Bonchev–Trinajstić information content (AvgIpc) is 2.81. The molecule has 0 aromatic carbocycles. The summed E-state index contributed by atoms with van der Waals surface area (Å²) >= 11 is 0. The quantitative estimate of drug-likeness (QED) is 0.839. The van der Waals surface area contributed by atoms with E-state index in [4.69, 9.17) is 9.47 Å². The molecule has 0 saturated carbocycles. The minimum absolute atomic E-state index is 0.132. The molecule has 0 aliphatic carbocycles. The molecule has 0 spiro atoms. The third-order valence-electron chi connectivity index (χ3n) is 3.46. The van der Waals surface area contributed by atoms with E-state index in [1.807, 2.05) is 19.1 Å². The van der Waals surface area contributed by atoms with Crippen LogP contribution in [0.25, 0.3) is 0 Å². The highest BCUT2D eigenvalue weighted by Gasteiger charge is 2.36. The summed E-state index contributed by atoms with van der Waals surface area (Å²) in [5.41, 5.74) is 1.07. The second-order valence-electron chi connectivity index (χ2n) is 4.80. The fraction of sp³-hybridized carbons (Fsp3) is 0.571. The molecule has 19 heavy (non-hydrogen) atoms. The van der Waals surface area contributed by atoms with Crippen LogP contribution in [0.15, 0.2) is 18.3 Å². The Morgan fingerprint density at radius 3 is 2.89 bits per heavy atom. The molecule has 3 unspecified atom stereocenters. The number of ether oxygens (including phenoxy) is 2. The van der Waals surface area contributed by atoms with Crippen molar-refractivity contribution in [1.82, 2.24) is 10.3 Å². The van der Waals surface area contributed by atoms with Gasteiger partial charge in [-0.3, -0.25) is 10.1 Å². The monoisotopic (exact) mass is 264 g/mol. The van der Waals surface area contributed by atoms with Gasteiger partial charge in [0.2, 0.25) is 5.88 Å². The van der Waals surface area contributed by atoms with E-state index >= 15 is 0 Å². The van der Waals surface area contributed by atoms with Crippen molar-refractivity contribution in [2.75, 3.05) is 13.7 Å². The van der Waals surface area contributed by atoms with Gasteiger partial charge in [-0.1, -0.05) is 13.0 Å². The zero-order valence-electron chi connectivity index (χ0n) is 11.6. The maximum atomic E-state index is 11.7. The van der Waals surface area contributed by atoms with Crippen molar-refractivity contribution in [3.63, 3.8) is 0 Å². The summed E-state index contributed by atoms with van der Waals surface area (Å²) in [5, 5.41) is 3.32. The van der Waals surface area contributed by atoms with Crippen molar-refractivity contribution in [1.29, 1.82) is 0 Å². The highest BCUT2D eigenvalue weighted by atomic mass is 16.5. The largest absolute Gasteiger partial charge is 0.481 e. The summed E-state index contributed by atoms with van der Waals surface area (Å²) in [4.78, 5) is 16.0. The lowest BCUT2D eigenvalue weighted by Gasteiger charge is -2.16. The number of pyridine rings is 1. The second kappa shape index (κ2) is 6.02. The van der Waals surface area contributed by atoms with Crippen LogP contribution in [0, 0.1) is 5.92 Å². The Morgan fingerprint density at radius 1 is 1.53 bits per heavy atom. The van der Waals surface area contributed by atoms with Crippen LogP contribution in [0.1, 0.15) is 31.9 Å². The Labute approximate surface area is 113 Å². The Bertz CT molecular complexity index is 433. The van der Waals surface area contributed by atoms with Gasteiger partial charge >= 0.3 is 5.97 Å². The molecule has 1 aromatic rings. The smallest absolute Gasteiger partial charge is 0.323 e. The normalized spacial score (nSPS) is 26.2. The molecular weight excluding hydrogens is 244 g/mol. The lowest BCUT2D eigenvalue weighted by Crippen LogP contribution is -2.33. The van der Waals surface area contributed by atoms with Gasteiger partial charge in [0, 0.05) is 18.3 Å². The van der Waals surface area contributed by atoms with Crippen molar-refractivity contribution in [3.8, 4) is 5.88 Å². The molecule has 2 rings (SSSR count). The molecule has 1 aliphatic rings. The third-order valence-corrected chi connectivity index (χ3v) is 3.46. The summed E-state index contributed by atoms with van der Waals surface area (Å²) in [5.74, 6) is 0.791. The van der Waals surface area contributed by atoms with Crippen LogP contribution in [-0.2, 0) is 9.53 Å². The summed E-state index contributed by atoms with van der Waals surface area (Å²) in [6.45, 7) is 4.36. The first kappa shape index (κ1) is 13.8. The van der Waals surface area contributed by atoms with E-state index in [2.05, 4.69) is 17.2 Å². The van der Waals surface area contributed by atoms with Gasteiger partial charge in [0.1, 0.15) is 6.04 Å². The molecule has 1 aromatic heterocycles. The number of esters is 1. The third kappa shape index (κ3) is 3.04. The number of aromatic nitrogens is 1. The number of carbonyl (C=O) groups excluding carboxylic acids is 1. The zero-order valence-corrected chi connectivity index (χ0v) is 11.6. The summed E-state index contributed by atoms with van der Waals surface area (Å²) < 4.78 is 10.1. The van der Waals surface area contributed by atoms with Gasteiger partial charge in [-0.25, -0.2) is 4.98 Å².